The van der Waals surface area contributed by atoms with Gasteiger partial charge in [0.2, 0.25) is 0 Å². The maximum Gasteiger partial charge on any atom is 0.0169 e. The van der Waals surface area contributed by atoms with Crippen LogP contribution in [0.5, 0.6) is 0 Å². The van der Waals surface area contributed by atoms with Gasteiger partial charge in [0, 0.05) is 18.6 Å². The molecule has 0 amide bonds. The first kappa shape index (κ1) is 12.0. The lowest BCUT2D eigenvalue weighted by molar-refractivity contribution is 0.259. The highest BCUT2D eigenvalue weighted by atomic mass is 15.1. The molecule has 0 bridgehead atoms. The minimum Gasteiger partial charge on any atom is -0.310 e. The lowest BCUT2D eigenvalue weighted by Gasteiger charge is -2.26. The first-order chi connectivity index (χ1) is 6.67. The summed E-state index contributed by atoms with van der Waals surface area (Å²) in [5.41, 5.74) is 0. The summed E-state index contributed by atoms with van der Waals surface area (Å²) in [7, 11) is 0. The Kier molecular flexibility index (Phi) is 4.90. The van der Waals surface area contributed by atoms with Gasteiger partial charge in [0.25, 0.3) is 0 Å². The van der Waals surface area contributed by atoms with E-state index >= 15 is 0 Å². The number of rotatable bonds is 7. The summed E-state index contributed by atoms with van der Waals surface area (Å²) >= 11 is 0. The van der Waals surface area contributed by atoms with Crippen molar-refractivity contribution in [3.63, 3.8) is 0 Å². The van der Waals surface area contributed by atoms with Crippen LogP contribution in [0.2, 0.25) is 0 Å². The Morgan fingerprint density at radius 2 is 1.79 bits per heavy atom. The van der Waals surface area contributed by atoms with Crippen LogP contribution < -0.4 is 5.32 Å². The summed E-state index contributed by atoms with van der Waals surface area (Å²) in [4.78, 5) is 2.48. The van der Waals surface area contributed by atoms with E-state index in [2.05, 4.69) is 37.9 Å². The van der Waals surface area contributed by atoms with E-state index in [0.717, 1.165) is 12.0 Å². The van der Waals surface area contributed by atoms with E-state index < -0.39 is 0 Å². The van der Waals surface area contributed by atoms with Crippen molar-refractivity contribution in [2.75, 3.05) is 19.6 Å². The van der Waals surface area contributed by atoms with E-state index in [9.17, 15) is 0 Å². The summed E-state index contributed by atoms with van der Waals surface area (Å²) < 4.78 is 0. The minimum atomic E-state index is 0.630. The van der Waals surface area contributed by atoms with Crippen molar-refractivity contribution in [2.45, 2.75) is 52.6 Å². The summed E-state index contributed by atoms with van der Waals surface area (Å²) in [6, 6.07) is 1.35. The molecule has 2 heteroatoms. The van der Waals surface area contributed by atoms with Crippen LogP contribution in [0.3, 0.4) is 0 Å². The summed E-state index contributed by atoms with van der Waals surface area (Å²) in [6.45, 7) is 12.6. The number of nitrogens with one attached hydrogen (secondary N) is 1. The van der Waals surface area contributed by atoms with Gasteiger partial charge in [0.15, 0.2) is 0 Å². The average molecular weight is 198 g/mol. The molecular formula is C12H26N2. The topological polar surface area (TPSA) is 15.3 Å². The Morgan fingerprint density at radius 1 is 1.21 bits per heavy atom. The second-order valence-corrected chi connectivity index (χ2v) is 4.68. The van der Waals surface area contributed by atoms with Crippen LogP contribution in [0, 0.1) is 5.92 Å². The molecule has 14 heavy (non-hydrogen) atoms. The van der Waals surface area contributed by atoms with Crippen LogP contribution in [-0.4, -0.2) is 36.6 Å². The lowest BCUT2D eigenvalue weighted by Crippen LogP contribution is -2.43. The van der Waals surface area contributed by atoms with Gasteiger partial charge in [0.05, 0.1) is 0 Å². The second kappa shape index (κ2) is 5.72. The van der Waals surface area contributed by atoms with Gasteiger partial charge in [-0.1, -0.05) is 13.8 Å². The highest BCUT2D eigenvalue weighted by Crippen LogP contribution is 2.32. The lowest BCUT2D eigenvalue weighted by atomic mass is 10.2. The predicted molar refractivity (Wildman–Crippen MR) is 62.6 cm³/mol. The first-order valence-corrected chi connectivity index (χ1v) is 6.15. The third-order valence-corrected chi connectivity index (χ3v) is 3.30. The van der Waals surface area contributed by atoms with Crippen molar-refractivity contribution < 1.29 is 0 Å². The van der Waals surface area contributed by atoms with Crippen molar-refractivity contribution in [3.05, 3.63) is 0 Å². The van der Waals surface area contributed by atoms with E-state index in [-0.39, 0.29) is 0 Å². The fourth-order valence-electron chi connectivity index (χ4n) is 2.10. The maximum atomic E-state index is 3.70. The zero-order chi connectivity index (χ0) is 10.6. The fraction of sp³-hybridized carbons (Fsp3) is 1.00. The molecule has 1 rings (SSSR count). The molecule has 0 spiro atoms. The Hall–Kier alpha value is -0.0800. The predicted octanol–water partition coefficient (Wildman–Crippen LogP) is 2.10. The highest BCUT2D eigenvalue weighted by Gasteiger charge is 2.28. The van der Waals surface area contributed by atoms with Crippen molar-refractivity contribution >= 4 is 0 Å². The van der Waals surface area contributed by atoms with Crippen molar-refractivity contribution in [1.29, 1.82) is 0 Å². The molecule has 84 valence electrons. The Balaban J connectivity index is 2.16. The highest BCUT2D eigenvalue weighted by molar-refractivity contribution is 4.85. The molecule has 0 aliphatic heterocycles. The van der Waals surface area contributed by atoms with Crippen LogP contribution in [0.25, 0.3) is 0 Å². The van der Waals surface area contributed by atoms with E-state index in [1.54, 1.807) is 0 Å². The molecule has 0 aromatic heterocycles. The fourth-order valence-corrected chi connectivity index (χ4v) is 2.10. The maximum absolute atomic E-state index is 3.70. The number of hydrogen-bond acceptors (Lipinski definition) is 2. The van der Waals surface area contributed by atoms with Crippen molar-refractivity contribution in [1.82, 2.24) is 10.2 Å². The van der Waals surface area contributed by atoms with Crippen LogP contribution in [0.15, 0.2) is 0 Å². The molecule has 2 atom stereocenters. The number of nitrogens with zero attached hydrogens (tertiary/aromatic N) is 1. The average Bonchev–Trinajstić information content (AvgIpc) is 2.97. The van der Waals surface area contributed by atoms with Crippen LogP contribution in [0.4, 0.5) is 0 Å². The quantitative estimate of drug-likeness (QED) is 0.674. The van der Waals surface area contributed by atoms with Gasteiger partial charge in [-0.25, -0.2) is 0 Å². The molecule has 1 fully saturated rings. The van der Waals surface area contributed by atoms with E-state index in [1.165, 1.54) is 32.5 Å². The van der Waals surface area contributed by atoms with Crippen LogP contribution in [-0.2, 0) is 0 Å². The van der Waals surface area contributed by atoms with E-state index in [1.807, 2.05) is 0 Å². The smallest absolute Gasteiger partial charge is 0.0169 e. The molecule has 1 aliphatic carbocycles. The van der Waals surface area contributed by atoms with Gasteiger partial charge in [0.1, 0.15) is 0 Å². The molecule has 1 aliphatic rings. The Morgan fingerprint density at radius 3 is 2.21 bits per heavy atom. The standard InChI is InChI=1S/C12H26N2/c1-5-14(6-2)9-10(3)13-11(4)12-7-8-12/h10-13H,5-9H2,1-4H3. The second-order valence-electron chi connectivity index (χ2n) is 4.68. The Labute approximate surface area is 89.1 Å². The molecule has 2 nitrogen and oxygen atoms in total. The summed E-state index contributed by atoms with van der Waals surface area (Å²) in [6.07, 6.45) is 2.87. The SMILES string of the molecule is CCN(CC)CC(C)NC(C)C1CC1. The molecule has 1 N–H and O–H groups in total. The first-order valence-electron chi connectivity index (χ1n) is 6.15. The van der Waals surface area contributed by atoms with Gasteiger partial charge >= 0.3 is 0 Å². The monoisotopic (exact) mass is 198 g/mol. The molecule has 0 aromatic carbocycles. The third kappa shape index (κ3) is 3.97. The van der Waals surface area contributed by atoms with Gasteiger partial charge < -0.3 is 10.2 Å². The van der Waals surface area contributed by atoms with Crippen molar-refractivity contribution in [3.8, 4) is 0 Å². The molecule has 2 unspecified atom stereocenters. The Bertz CT molecular complexity index is 146. The summed E-state index contributed by atoms with van der Waals surface area (Å²) in [5, 5.41) is 3.70. The zero-order valence-electron chi connectivity index (χ0n) is 10.2. The van der Waals surface area contributed by atoms with Gasteiger partial charge in [-0.3, -0.25) is 0 Å². The number of hydrogen-bond donors (Lipinski definition) is 1. The van der Waals surface area contributed by atoms with E-state index in [0.29, 0.717) is 6.04 Å². The largest absolute Gasteiger partial charge is 0.310 e. The van der Waals surface area contributed by atoms with Gasteiger partial charge in [-0.05, 0) is 45.7 Å². The van der Waals surface area contributed by atoms with Crippen LogP contribution in [0.1, 0.15) is 40.5 Å². The normalized spacial score (nSPS) is 21.2. The number of likely N-dealkylation sites (N-methyl/N-ethyl adjacent to an activating group) is 1. The summed E-state index contributed by atoms with van der Waals surface area (Å²) in [5.74, 6) is 0.967. The molecular weight excluding hydrogens is 172 g/mol. The molecule has 0 saturated heterocycles. The molecule has 0 aromatic rings. The van der Waals surface area contributed by atoms with Crippen molar-refractivity contribution in [2.24, 2.45) is 5.92 Å². The molecule has 0 heterocycles. The third-order valence-electron chi connectivity index (χ3n) is 3.30. The van der Waals surface area contributed by atoms with E-state index in [4.69, 9.17) is 0 Å². The minimum absolute atomic E-state index is 0.630. The molecule has 1 saturated carbocycles. The molecule has 0 radical (unpaired) electrons. The zero-order valence-corrected chi connectivity index (χ0v) is 10.2. The van der Waals surface area contributed by atoms with Gasteiger partial charge in [-0.15, -0.1) is 0 Å². The van der Waals surface area contributed by atoms with Crippen LogP contribution >= 0.6 is 0 Å². The van der Waals surface area contributed by atoms with Gasteiger partial charge in [-0.2, -0.15) is 0 Å².